The van der Waals surface area contributed by atoms with Crippen LogP contribution in [0.5, 0.6) is 0 Å². The summed E-state index contributed by atoms with van der Waals surface area (Å²) in [6.45, 7) is 9.27. The molecule has 1 aliphatic rings. The van der Waals surface area contributed by atoms with Crippen molar-refractivity contribution in [2.45, 2.75) is 58.5 Å². The van der Waals surface area contributed by atoms with Gasteiger partial charge in [0.2, 0.25) is 0 Å². The van der Waals surface area contributed by atoms with Gasteiger partial charge >= 0.3 is 0 Å². The van der Waals surface area contributed by atoms with Crippen molar-refractivity contribution < 1.29 is 9.50 Å². The summed E-state index contributed by atoms with van der Waals surface area (Å²) in [5.74, 6) is -0.0784. The van der Waals surface area contributed by atoms with Crippen LogP contribution in [0.2, 0.25) is 0 Å². The number of fused-ring (bicyclic) bond motifs is 2. The Kier molecular flexibility index (Phi) is 5.62. The zero-order valence-corrected chi connectivity index (χ0v) is 19.6. The maximum absolute atomic E-state index is 15.3. The molecule has 4 aromatic rings. The van der Waals surface area contributed by atoms with E-state index >= 15 is 4.39 Å². The smallest absolute Gasteiger partial charge is 0.133 e. The van der Waals surface area contributed by atoms with Crippen LogP contribution < -0.4 is 0 Å². The summed E-state index contributed by atoms with van der Waals surface area (Å²) in [6, 6.07) is 10.0. The molecule has 1 saturated heterocycles. The number of aliphatic hydroxyl groups excluding tert-OH is 1. The molecule has 0 radical (unpaired) electrons. The van der Waals surface area contributed by atoms with Crippen LogP contribution in [-0.4, -0.2) is 55.1 Å². The minimum absolute atomic E-state index is 0.161. The van der Waals surface area contributed by atoms with Gasteiger partial charge in [-0.1, -0.05) is 0 Å². The van der Waals surface area contributed by atoms with Gasteiger partial charge < -0.3 is 5.11 Å². The zero-order chi connectivity index (χ0) is 23.3. The predicted octanol–water partition coefficient (Wildman–Crippen LogP) is 4.65. The van der Waals surface area contributed by atoms with Crippen molar-refractivity contribution in [3.05, 3.63) is 59.2 Å². The molecule has 0 bridgehead atoms. The molecule has 0 spiro atoms. The number of halogens is 1. The fourth-order valence-electron chi connectivity index (χ4n) is 5.41. The third-order valence-electron chi connectivity index (χ3n) is 7.04. The van der Waals surface area contributed by atoms with Crippen LogP contribution in [0.3, 0.4) is 0 Å². The largest absolute Gasteiger partial charge is 0.395 e. The van der Waals surface area contributed by atoms with E-state index in [4.69, 9.17) is 0 Å². The van der Waals surface area contributed by atoms with Gasteiger partial charge in [-0.15, -0.1) is 0 Å². The predicted molar refractivity (Wildman–Crippen MR) is 128 cm³/mol. The topological polar surface area (TPSA) is 66.5 Å². The molecule has 1 aromatic carbocycles. The second-order valence-corrected chi connectivity index (χ2v) is 9.55. The number of aryl methyl sites for hydroxylation is 2. The van der Waals surface area contributed by atoms with Crippen LogP contribution in [0.4, 0.5) is 4.39 Å². The number of piperidine rings is 1. The van der Waals surface area contributed by atoms with Gasteiger partial charge in [-0.2, -0.15) is 15.3 Å². The second kappa shape index (κ2) is 8.47. The Morgan fingerprint density at radius 3 is 2.52 bits per heavy atom. The number of β-amino-alcohol motifs (C(OH)–C–C–N with tert-alkyl or cyclic N) is 1. The second-order valence-electron chi connectivity index (χ2n) is 9.55. The minimum atomic E-state index is -0.305. The van der Waals surface area contributed by atoms with Crippen molar-refractivity contribution in [3.63, 3.8) is 0 Å². The summed E-state index contributed by atoms with van der Waals surface area (Å²) in [5.41, 5.74) is 6.06. The van der Waals surface area contributed by atoms with Crippen molar-refractivity contribution >= 4 is 16.4 Å². The standard InChI is InChI=1S/C26H30FN5O/c1-15-7-26-16(2)8-24(30-32(26)14-15)20-11-22(27)21-13-23(28-29-25(21)12-20)19-9-17(3)31(5-6-33)18(4)10-19/h7-8,11-14,17-19,33H,5-6,9-10H2,1-4H3/t17-,18-/m1/s1. The molecule has 1 aliphatic heterocycles. The van der Waals surface area contributed by atoms with Gasteiger partial charge in [0, 0.05) is 41.7 Å². The van der Waals surface area contributed by atoms with E-state index in [-0.39, 0.29) is 18.3 Å². The van der Waals surface area contributed by atoms with Crippen LogP contribution in [0.25, 0.3) is 27.7 Å². The summed E-state index contributed by atoms with van der Waals surface area (Å²) in [7, 11) is 0. The Labute approximate surface area is 193 Å². The van der Waals surface area contributed by atoms with E-state index in [9.17, 15) is 5.11 Å². The van der Waals surface area contributed by atoms with Gasteiger partial charge in [0.15, 0.2) is 0 Å². The molecule has 2 atom stereocenters. The first-order valence-corrected chi connectivity index (χ1v) is 11.6. The molecule has 7 heteroatoms. The lowest BCUT2D eigenvalue weighted by molar-refractivity contribution is 0.0694. The van der Waals surface area contributed by atoms with Gasteiger partial charge in [0.05, 0.1) is 29.0 Å². The summed E-state index contributed by atoms with van der Waals surface area (Å²) >= 11 is 0. The van der Waals surface area contributed by atoms with E-state index in [1.165, 1.54) is 0 Å². The summed E-state index contributed by atoms with van der Waals surface area (Å²) in [6.07, 6.45) is 3.82. The Morgan fingerprint density at radius 2 is 1.79 bits per heavy atom. The molecular weight excluding hydrogens is 417 g/mol. The Balaban J connectivity index is 1.49. The minimum Gasteiger partial charge on any atom is -0.395 e. The first kappa shape index (κ1) is 21.9. The number of benzene rings is 1. The van der Waals surface area contributed by atoms with Crippen LogP contribution in [0.15, 0.2) is 36.5 Å². The number of aromatic nitrogens is 4. The Hall–Kier alpha value is -2.90. The molecule has 5 rings (SSSR count). The van der Waals surface area contributed by atoms with Gasteiger partial charge in [0.25, 0.3) is 0 Å². The van der Waals surface area contributed by atoms with E-state index in [1.807, 2.05) is 42.8 Å². The maximum atomic E-state index is 15.3. The Morgan fingerprint density at radius 1 is 1.03 bits per heavy atom. The summed E-state index contributed by atoms with van der Waals surface area (Å²) in [4.78, 5) is 2.33. The highest BCUT2D eigenvalue weighted by Gasteiger charge is 2.32. The fourth-order valence-corrected chi connectivity index (χ4v) is 5.41. The number of aliphatic hydroxyl groups is 1. The van der Waals surface area contributed by atoms with Gasteiger partial charge in [-0.25, -0.2) is 8.91 Å². The first-order chi connectivity index (χ1) is 15.8. The van der Waals surface area contributed by atoms with Crippen LogP contribution in [0, 0.1) is 19.7 Å². The van der Waals surface area contributed by atoms with Crippen LogP contribution in [0.1, 0.15) is 49.4 Å². The monoisotopic (exact) mass is 447 g/mol. The van der Waals surface area contributed by atoms with E-state index in [0.29, 0.717) is 40.8 Å². The third kappa shape index (κ3) is 4.00. The van der Waals surface area contributed by atoms with E-state index in [0.717, 1.165) is 35.2 Å². The quantitative estimate of drug-likeness (QED) is 0.493. The average Bonchev–Trinajstić information content (AvgIpc) is 3.16. The normalized spacial score (nSPS) is 21.8. The van der Waals surface area contributed by atoms with Crippen molar-refractivity contribution in [1.29, 1.82) is 0 Å². The molecule has 0 saturated carbocycles. The first-order valence-electron chi connectivity index (χ1n) is 11.6. The molecule has 1 N–H and O–H groups in total. The lowest BCUT2D eigenvalue weighted by Gasteiger charge is -2.42. The fraction of sp³-hybridized carbons (Fsp3) is 0.423. The highest BCUT2D eigenvalue weighted by atomic mass is 19.1. The van der Waals surface area contributed by atoms with Gasteiger partial charge in [0.1, 0.15) is 5.82 Å². The summed E-state index contributed by atoms with van der Waals surface area (Å²) in [5, 5.41) is 23.5. The van der Waals surface area contributed by atoms with Gasteiger partial charge in [-0.05, 0) is 82.0 Å². The highest BCUT2D eigenvalue weighted by molar-refractivity contribution is 5.84. The van der Waals surface area contributed by atoms with Crippen molar-refractivity contribution in [2.24, 2.45) is 0 Å². The molecule has 6 nitrogen and oxygen atoms in total. The van der Waals surface area contributed by atoms with Crippen molar-refractivity contribution in [1.82, 2.24) is 24.7 Å². The molecule has 172 valence electrons. The molecule has 4 heterocycles. The number of likely N-dealkylation sites (tertiary alicyclic amines) is 1. The average molecular weight is 448 g/mol. The molecule has 0 unspecified atom stereocenters. The SMILES string of the molecule is Cc1cc2c(C)cc(-c3cc(F)c4cc(C5C[C@@H](C)N(CCO)[C@H](C)C5)nnc4c3)nn2c1. The molecule has 1 fully saturated rings. The van der Waals surface area contributed by atoms with Gasteiger partial charge in [-0.3, -0.25) is 4.90 Å². The molecular formula is C26H30FN5O. The highest BCUT2D eigenvalue weighted by Crippen LogP contribution is 2.35. The molecule has 3 aromatic heterocycles. The summed E-state index contributed by atoms with van der Waals surface area (Å²) < 4.78 is 17.1. The molecule has 33 heavy (non-hydrogen) atoms. The lowest BCUT2D eigenvalue weighted by atomic mass is 9.84. The number of rotatable bonds is 4. The van der Waals surface area contributed by atoms with Crippen LogP contribution in [-0.2, 0) is 0 Å². The maximum Gasteiger partial charge on any atom is 0.133 e. The third-order valence-corrected chi connectivity index (χ3v) is 7.04. The number of hydrogen-bond acceptors (Lipinski definition) is 5. The van der Waals surface area contributed by atoms with Crippen molar-refractivity contribution in [2.75, 3.05) is 13.2 Å². The lowest BCUT2D eigenvalue weighted by Crippen LogP contribution is -2.47. The van der Waals surface area contributed by atoms with E-state index < -0.39 is 0 Å². The Bertz CT molecular complexity index is 1320. The zero-order valence-electron chi connectivity index (χ0n) is 19.6. The molecule has 0 aliphatic carbocycles. The van der Waals surface area contributed by atoms with Crippen LogP contribution >= 0.6 is 0 Å². The number of nitrogens with zero attached hydrogens (tertiary/aromatic N) is 5. The van der Waals surface area contributed by atoms with E-state index in [1.54, 1.807) is 6.07 Å². The van der Waals surface area contributed by atoms with E-state index in [2.05, 4.69) is 40.1 Å². The molecule has 0 amide bonds. The van der Waals surface area contributed by atoms with Crippen molar-refractivity contribution in [3.8, 4) is 11.3 Å². The number of hydrogen-bond donors (Lipinski definition) is 1.